The minimum Gasteiger partial charge on any atom is -0.485 e. The van der Waals surface area contributed by atoms with Crippen LogP contribution in [0.1, 0.15) is 23.8 Å². The van der Waals surface area contributed by atoms with Crippen molar-refractivity contribution in [2.24, 2.45) is 0 Å². The average molecular weight is 235 g/mol. The Hall–Kier alpha value is -1.62. The lowest BCUT2D eigenvalue weighted by Gasteiger charge is -2.24. The number of ether oxygens (including phenoxy) is 1. The molecule has 1 aliphatic heterocycles. The fourth-order valence-electron chi connectivity index (χ4n) is 1.87. The van der Waals surface area contributed by atoms with E-state index in [1.165, 1.54) is 0 Å². The van der Waals surface area contributed by atoms with Crippen molar-refractivity contribution in [2.45, 2.75) is 18.9 Å². The molecule has 1 fully saturated rings. The number of rotatable bonds is 3. The first-order chi connectivity index (χ1) is 8.13. The van der Waals surface area contributed by atoms with Crippen LogP contribution in [0.5, 0.6) is 5.75 Å². The summed E-state index contributed by atoms with van der Waals surface area (Å²) in [5, 5.41) is 5.79. The van der Waals surface area contributed by atoms with E-state index in [-0.39, 0.29) is 11.5 Å². The van der Waals surface area contributed by atoms with E-state index in [1.807, 2.05) is 0 Å². The molecule has 2 heterocycles. The van der Waals surface area contributed by atoms with E-state index in [0.29, 0.717) is 11.4 Å². The molecule has 2 N–H and O–H groups in total. The number of hydrogen-bond acceptors (Lipinski definition) is 4. The molecule has 1 amide bonds. The van der Waals surface area contributed by atoms with E-state index in [9.17, 15) is 4.79 Å². The van der Waals surface area contributed by atoms with Gasteiger partial charge in [-0.25, -0.2) is 4.98 Å². The Balaban J connectivity index is 2.05. The van der Waals surface area contributed by atoms with Crippen LogP contribution >= 0.6 is 0 Å². The molecule has 5 nitrogen and oxygen atoms in total. The molecule has 1 saturated heterocycles. The fraction of sp³-hybridized carbons (Fsp3) is 0.500. The highest BCUT2D eigenvalue weighted by Gasteiger charge is 2.30. The summed E-state index contributed by atoms with van der Waals surface area (Å²) in [5.74, 6) is 0.508. The smallest absolute Gasteiger partial charge is 0.269 e. The van der Waals surface area contributed by atoms with Crippen LogP contribution in [-0.2, 0) is 0 Å². The Kier molecular flexibility index (Phi) is 3.28. The molecule has 92 valence electrons. The quantitative estimate of drug-likeness (QED) is 0.804. The van der Waals surface area contributed by atoms with Gasteiger partial charge < -0.3 is 15.4 Å². The SMILES string of the molecule is CNC(=O)c1ccc(O[C@]2(C)CCNC2)cn1. The predicted molar refractivity (Wildman–Crippen MR) is 64.1 cm³/mol. The second-order valence-corrected chi connectivity index (χ2v) is 4.44. The highest BCUT2D eigenvalue weighted by molar-refractivity contribution is 5.91. The van der Waals surface area contributed by atoms with E-state index in [4.69, 9.17) is 4.74 Å². The van der Waals surface area contributed by atoms with Crippen LogP contribution in [0.15, 0.2) is 18.3 Å². The van der Waals surface area contributed by atoms with E-state index in [1.54, 1.807) is 25.4 Å². The molecule has 2 rings (SSSR count). The van der Waals surface area contributed by atoms with E-state index < -0.39 is 0 Å². The van der Waals surface area contributed by atoms with Gasteiger partial charge in [0, 0.05) is 20.0 Å². The highest BCUT2D eigenvalue weighted by Crippen LogP contribution is 2.22. The molecule has 0 bridgehead atoms. The standard InChI is InChI=1S/C12H17N3O2/c1-12(5-6-14-8-12)17-9-3-4-10(15-7-9)11(16)13-2/h3-4,7,14H,5-6,8H2,1-2H3,(H,13,16)/t12-/m1/s1. The van der Waals surface area contributed by atoms with Crippen LogP contribution in [0.3, 0.4) is 0 Å². The molecule has 1 aromatic heterocycles. The Bertz CT molecular complexity index is 397. The number of carbonyl (C=O) groups is 1. The summed E-state index contributed by atoms with van der Waals surface area (Å²) < 4.78 is 5.87. The van der Waals surface area contributed by atoms with Crippen molar-refractivity contribution in [2.75, 3.05) is 20.1 Å². The van der Waals surface area contributed by atoms with Gasteiger partial charge in [-0.05, 0) is 25.6 Å². The topological polar surface area (TPSA) is 63.2 Å². The summed E-state index contributed by atoms with van der Waals surface area (Å²) in [5.41, 5.74) is 0.227. The third-order valence-corrected chi connectivity index (χ3v) is 2.89. The van der Waals surface area contributed by atoms with Gasteiger partial charge >= 0.3 is 0 Å². The van der Waals surface area contributed by atoms with Gasteiger partial charge in [-0.15, -0.1) is 0 Å². The molecule has 0 unspecified atom stereocenters. The van der Waals surface area contributed by atoms with Gasteiger partial charge in [0.2, 0.25) is 0 Å². The van der Waals surface area contributed by atoms with Gasteiger partial charge in [-0.2, -0.15) is 0 Å². The average Bonchev–Trinajstić information content (AvgIpc) is 2.76. The van der Waals surface area contributed by atoms with E-state index in [0.717, 1.165) is 19.5 Å². The molecular formula is C12H17N3O2. The molecule has 1 atom stereocenters. The molecule has 0 radical (unpaired) electrons. The van der Waals surface area contributed by atoms with E-state index >= 15 is 0 Å². The van der Waals surface area contributed by atoms with Gasteiger partial charge in [0.25, 0.3) is 5.91 Å². The largest absolute Gasteiger partial charge is 0.485 e. The molecule has 0 spiro atoms. The Morgan fingerprint density at radius 3 is 2.94 bits per heavy atom. The maximum absolute atomic E-state index is 11.3. The monoisotopic (exact) mass is 235 g/mol. The van der Waals surface area contributed by atoms with Crippen molar-refractivity contribution in [1.82, 2.24) is 15.6 Å². The molecule has 1 aliphatic rings. The van der Waals surface area contributed by atoms with Crippen molar-refractivity contribution in [3.63, 3.8) is 0 Å². The molecule has 5 heteroatoms. The van der Waals surface area contributed by atoms with Crippen molar-refractivity contribution in [3.05, 3.63) is 24.0 Å². The lowest BCUT2D eigenvalue weighted by atomic mass is 10.1. The number of carbonyl (C=O) groups excluding carboxylic acids is 1. The number of nitrogens with zero attached hydrogens (tertiary/aromatic N) is 1. The summed E-state index contributed by atoms with van der Waals surface area (Å²) in [4.78, 5) is 15.4. The highest BCUT2D eigenvalue weighted by atomic mass is 16.5. The van der Waals surface area contributed by atoms with Crippen LogP contribution in [0.25, 0.3) is 0 Å². The lowest BCUT2D eigenvalue weighted by molar-refractivity contribution is 0.0957. The molecule has 17 heavy (non-hydrogen) atoms. The molecular weight excluding hydrogens is 218 g/mol. The fourth-order valence-corrected chi connectivity index (χ4v) is 1.87. The number of amides is 1. The zero-order chi connectivity index (χ0) is 12.3. The number of aromatic nitrogens is 1. The van der Waals surface area contributed by atoms with Gasteiger partial charge in [-0.3, -0.25) is 4.79 Å². The summed E-state index contributed by atoms with van der Waals surface area (Å²) in [7, 11) is 1.58. The van der Waals surface area contributed by atoms with Crippen LogP contribution < -0.4 is 15.4 Å². The van der Waals surface area contributed by atoms with Crippen LogP contribution in [0.2, 0.25) is 0 Å². The Morgan fingerprint density at radius 1 is 1.59 bits per heavy atom. The first kappa shape index (κ1) is 11.9. The number of hydrogen-bond donors (Lipinski definition) is 2. The van der Waals surface area contributed by atoms with Crippen LogP contribution in [0.4, 0.5) is 0 Å². The summed E-state index contributed by atoms with van der Waals surface area (Å²) in [6.07, 6.45) is 2.57. The molecule has 0 aromatic carbocycles. The van der Waals surface area contributed by atoms with Crippen molar-refractivity contribution >= 4 is 5.91 Å². The van der Waals surface area contributed by atoms with Crippen LogP contribution in [-0.4, -0.2) is 36.6 Å². The second kappa shape index (κ2) is 4.71. The first-order valence-electron chi connectivity index (χ1n) is 5.71. The molecule has 1 aromatic rings. The van der Waals surface area contributed by atoms with Gasteiger partial charge in [0.05, 0.1) is 6.20 Å². The lowest BCUT2D eigenvalue weighted by Crippen LogP contribution is -2.34. The molecule has 0 aliphatic carbocycles. The van der Waals surface area contributed by atoms with Crippen molar-refractivity contribution in [1.29, 1.82) is 0 Å². The summed E-state index contributed by atoms with van der Waals surface area (Å²) in [6, 6.07) is 3.45. The summed E-state index contributed by atoms with van der Waals surface area (Å²) in [6.45, 7) is 3.88. The third kappa shape index (κ3) is 2.74. The van der Waals surface area contributed by atoms with Crippen molar-refractivity contribution < 1.29 is 9.53 Å². The maximum atomic E-state index is 11.3. The zero-order valence-electron chi connectivity index (χ0n) is 10.1. The van der Waals surface area contributed by atoms with Gasteiger partial charge in [-0.1, -0.05) is 0 Å². The molecule has 0 saturated carbocycles. The predicted octanol–water partition coefficient (Wildman–Crippen LogP) is 0.572. The third-order valence-electron chi connectivity index (χ3n) is 2.89. The summed E-state index contributed by atoms with van der Waals surface area (Å²) >= 11 is 0. The minimum atomic E-state index is -0.190. The zero-order valence-corrected chi connectivity index (χ0v) is 10.1. The Labute approximate surface area is 101 Å². The van der Waals surface area contributed by atoms with Crippen LogP contribution in [0, 0.1) is 0 Å². The van der Waals surface area contributed by atoms with Gasteiger partial charge in [0.1, 0.15) is 17.0 Å². The number of nitrogens with one attached hydrogen (secondary N) is 2. The normalized spacial score (nSPS) is 23.4. The number of pyridine rings is 1. The second-order valence-electron chi connectivity index (χ2n) is 4.44. The maximum Gasteiger partial charge on any atom is 0.269 e. The first-order valence-corrected chi connectivity index (χ1v) is 5.71. The van der Waals surface area contributed by atoms with Gasteiger partial charge in [0.15, 0.2) is 0 Å². The van der Waals surface area contributed by atoms with Crippen molar-refractivity contribution in [3.8, 4) is 5.75 Å². The minimum absolute atomic E-state index is 0.170. The Morgan fingerprint density at radius 2 is 2.41 bits per heavy atom. The van der Waals surface area contributed by atoms with E-state index in [2.05, 4.69) is 22.5 Å².